The maximum absolute atomic E-state index is 13.5. The summed E-state index contributed by atoms with van der Waals surface area (Å²) in [4.78, 5) is 24.2. The molecule has 0 fully saturated rings. The molecule has 6 heteroatoms. The summed E-state index contributed by atoms with van der Waals surface area (Å²) in [7, 11) is 0. The molecule has 0 saturated heterocycles. The number of hydrogen-bond donors (Lipinski definition) is 1. The van der Waals surface area contributed by atoms with E-state index >= 15 is 0 Å². The lowest BCUT2D eigenvalue weighted by Gasteiger charge is -2.08. The Morgan fingerprint density at radius 2 is 2.14 bits per heavy atom. The second-order valence-corrected chi connectivity index (χ2v) is 5.91. The van der Waals surface area contributed by atoms with E-state index in [0.29, 0.717) is 16.6 Å². The molecule has 4 nitrogen and oxygen atoms in total. The molecule has 0 aliphatic carbocycles. The molecule has 22 heavy (non-hydrogen) atoms. The number of thiophene rings is 1. The van der Waals surface area contributed by atoms with Crippen LogP contribution in [-0.2, 0) is 11.3 Å². The molecule has 1 amide bonds. The summed E-state index contributed by atoms with van der Waals surface area (Å²) in [5.74, 6) is -0.755. The molecular formula is C16H13FN2O2S. The lowest BCUT2D eigenvalue weighted by molar-refractivity contribution is -0.116. The maximum Gasteiger partial charge on any atom is 0.259 e. The molecule has 0 radical (unpaired) electrons. The Kier molecular flexibility index (Phi) is 3.77. The number of aromatic nitrogens is 1. The SMILES string of the molecule is Cc1ccc(NC(=O)Cn2ccc3sccc3c2=O)cc1F. The molecule has 0 aliphatic rings. The van der Waals surface area contributed by atoms with Crippen LogP contribution in [0.2, 0.25) is 0 Å². The molecule has 0 atom stereocenters. The van der Waals surface area contributed by atoms with Crippen LogP contribution in [0.5, 0.6) is 0 Å². The first kappa shape index (κ1) is 14.5. The number of halogens is 1. The van der Waals surface area contributed by atoms with E-state index in [1.54, 1.807) is 37.4 Å². The fourth-order valence-corrected chi connectivity index (χ4v) is 2.93. The summed E-state index contributed by atoms with van der Waals surface area (Å²) in [5, 5.41) is 5.03. The maximum atomic E-state index is 13.5. The number of fused-ring (bicyclic) bond motifs is 1. The normalized spacial score (nSPS) is 10.8. The van der Waals surface area contributed by atoms with E-state index in [9.17, 15) is 14.0 Å². The number of anilines is 1. The number of nitrogens with zero attached hydrogens (tertiary/aromatic N) is 1. The largest absolute Gasteiger partial charge is 0.324 e. The van der Waals surface area contributed by atoms with Crippen LogP contribution in [0.4, 0.5) is 10.1 Å². The van der Waals surface area contributed by atoms with Gasteiger partial charge in [-0.3, -0.25) is 9.59 Å². The standard InChI is InChI=1S/C16H13FN2O2S/c1-10-2-3-11(8-13(10)17)18-15(20)9-19-6-4-14-12(16(19)21)5-7-22-14/h2-8H,9H2,1H3,(H,18,20). The first-order valence-corrected chi connectivity index (χ1v) is 7.55. The van der Waals surface area contributed by atoms with E-state index in [1.165, 1.54) is 22.0 Å². The second-order valence-electron chi connectivity index (χ2n) is 4.96. The van der Waals surface area contributed by atoms with Crippen LogP contribution in [0.1, 0.15) is 5.56 Å². The Morgan fingerprint density at radius 1 is 1.32 bits per heavy atom. The van der Waals surface area contributed by atoms with Crippen molar-refractivity contribution < 1.29 is 9.18 Å². The molecule has 1 N–H and O–H groups in total. The Bertz CT molecular complexity index is 914. The molecule has 2 aromatic heterocycles. The molecule has 0 bridgehead atoms. The predicted molar refractivity (Wildman–Crippen MR) is 85.9 cm³/mol. The van der Waals surface area contributed by atoms with E-state index in [-0.39, 0.29) is 23.8 Å². The molecule has 3 rings (SSSR count). The van der Waals surface area contributed by atoms with E-state index in [4.69, 9.17) is 0 Å². The first-order chi connectivity index (χ1) is 10.5. The molecule has 0 saturated carbocycles. The fourth-order valence-electron chi connectivity index (χ4n) is 2.16. The van der Waals surface area contributed by atoms with Gasteiger partial charge in [0.15, 0.2) is 0 Å². The number of hydrogen-bond acceptors (Lipinski definition) is 3. The van der Waals surface area contributed by atoms with Gasteiger partial charge in [-0.25, -0.2) is 4.39 Å². The molecular weight excluding hydrogens is 303 g/mol. The fraction of sp³-hybridized carbons (Fsp3) is 0.125. The number of amides is 1. The van der Waals surface area contributed by atoms with Crippen molar-refractivity contribution >= 4 is 33.0 Å². The van der Waals surface area contributed by atoms with Crippen LogP contribution in [0.25, 0.3) is 10.1 Å². The van der Waals surface area contributed by atoms with Gasteiger partial charge in [0.05, 0.1) is 5.39 Å². The summed E-state index contributed by atoms with van der Waals surface area (Å²) >= 11 is 1.48. The zero-order valence-corrected chi connectivity index (χ0v) is 12.6. The van der Waals surface area contributed by atoms with Crippen molar-refractivity contribution in [3.8, 4) is 0 Å². The molecule has 0 spiro atoms. The molecule has 2 heterocycles. The molecule has 1 aromatic carbocycles. The summed E-state index contributed by atoms with van der Waals surface area (Å²) in [6.07, 6.45) is 1.59. The van der Waals surface area contributed by atoms with Gasteiger partial charge in [-0.1, -0.05) is 6.07 Å². The van der Waals surface area contributed by atoms with E-state index in [1.807, 2.05) is 5.38 Å². The van der Waals surface area contributed by atoms with Gasteiger partial charge in [0.1, 0.15) is 12.4 Å². The summed E-state index contributed by atoms with van der Waals surface area (Å²) in [5.41, 5.74) is 0.680. The van der Waals surface area contributed by atoms with Crippen molar-refractivity contribution in [3.63, 3.8) is 0 Å². The number of carbonyl (C=O) groups is 1. The Balaban J connectivity index is 1.79. The number of carbonyl (C=O) groups excluding carboxylic acids is 1. The third-order valence-corrected chi connectivity index (χ3v) is 4.24. The van der Waals surface area contributed by atoms with Crippen LogP contribution in [0.3, 0.4) is 0 Å². The number of benzene rings is 1. The highest BCUT2D eigenvalue weighted by molar-refractivity contribution is 7.17. The average Bonchev–Trinajstić information content (AvgIpc) is 2.95. The van der Waals surface area contributed by atoms with Crippen molar-refractivity contribution in [2.45, 2.75) is 13.5 Å². The minimum atomic E-state index is -0.380. The highest BCUT2D eigenvalue weighted by Crippen LogP contribution is 2.16. The summed E-state index contributed by atoms with van der Waals surface area (Å²) in [6.45, 7) is 1.54. The van der Waals surface area contributed by atoms with Crippen molar-refractivity contribution in [1.29, 1.82) is 0 Å². The van der Waals surface area contributed by atoms with E-state index < -0.39 is 0 Å². The van der Waals surface area contributed by atoms with Crippen molar-refractivity contribution in [1.82, 2.24) is 4.57 Å². The smallest absolute Gasteiger partial charge is 0.259 e. The molecule has 0 aliphatic heterocycles. The molecule has 3 aromatic rings. The van der Waals surface area contributed by atoms with Gasteiger partial charge in [-0.2, -0.15) is 0 Å². The predicted octanol–water partition coefficient (Wildman–Crippen LogP) is 3.15. The third-order valence-electron chi connectivity index (χ3n) is 3.36. The van der Waals surface area contributed by atoms with Crippen LogP contribution in [-0.4, -0.2) is 10.5 Å². The minimum absolute atomic E-state index is 0.111. The summed E-state index contributed by atoms with van der Waals surface area (Å²) < 4.78 is 15.7. The Hall–Kier alpha value is -2.47. The van der Waals surface area contributed by atoms with Crippen LogP contribution >= 0.6 is 11.3 Å². The zero-order chi connectivity index (χ0) is 15.7. The van der Waals surface area contributed by atoms with E-state index in [2.05, 4.69) is 5.32 Å². The van der Waals surface area contributed by atoms with Crippen molar-refractivity contribution in [3.05, 3.63) is 63.6 Å². The quantitative estimate of drug-likeness (QED) is 0.807. The number of aryl methyl sites for hydroxylation is 1. The molecule has 0 unspecified atom stereocenters. The number of rotatable bonds is 3. The van der Waals surface area contributed by atoms with Gasteiger partial charge < -0.3 is 9.88 Å². The van der Waals surface area contributed by atoms with E-state index in [0.717, 1.165) is 4.70 Å². The van der Waals surface area contributed by atoms with Crippen molar-refractivity contribution in [2.75, 3.05) is 5.32 Å². The lowest BCUT2D eigenvalue weighted by atomic mass is 10.2. The first-order valence-electron chi connectivity index (χ1n) is 6.67. The van der Waals surface area contributed by atoms with Crippen molar-refractivity contribution in [2.24, 2.45) is 0 Å². The Morgan fingerprint density at radius 3 is 2.91 bits per heavy atom. The van der Waals surface area contributed by atoms with Gasteiger partial charge >= 0.3 is 0 Å². The Labute approximate surface area is 129 Å². The monoisotopic (exact) mass is 316 g/mol. The highest BCUT2D eigenvalue weighted by Gasteiger charge is 2.09. The second kappa shape index (κ2) is 5.73. The van der Waals surface area contributed by atoms with Crippen LogP contribution in [0, 0.1) is 12.7 Å². The lowest BCUT2D eigenvalue weighted by Crippen LogP contribution is -2.27. The van der Waals surface area contributed by atoms with Crippen LogP contribution < -0.4 is 10.9 Å². The third kappa shape index (κ3) is 2.78. The van der Waals surface area contributed by atoms with Gasteiger partial charge in [0.25, 0.3) is 5.56 Å². The van der Waals surface area contributed by atoms with Gasteiger partial charge in [0.2, 0.25) is 5.91 Å². The molecule has 112 valence electrons. The average molecular weight is 316 g/mol. The minimum Gasteiger partial charge on any atom is -0.324 e. The number of nitrogens with one attached hydrogen (secondary N) is 1. The summed E-state index contributed by atoms with van der Waals surface area (Å²) in [6, 6.07) is 8.03. The highest BCUT2D eigenvalue weighted by atomic mass is 32.1. The van der Waals surface area contributed by atoms with Gasteiger partial charge in [-0.05, 0) is 42.1 Å². The van der Waals surface area contributed by atoms with Gasteiger partial charge in [0, 0.05) is 16.6 Å². The zero-order valence-electron chi connectivity index (χ0n) is 11.8. The topological polar surface area (TPSA) is 51.1 Å². The van der Waals surface area contributed by atoms with Crippen LogP contribution in [0.15, 0.2) is 46.7 Å². The van der Waals surface area contributed by atoms with Gasteiger partial charge in [-0.15, -0.1) is 11.3 Å². The number of pyridine rings is 1.